The average molecular weight is 271 g/mol. The lowest BCUT2D eigenvalue weighted by Gasteiger charge is -2.24. The van der Waals surface area contributed by atoms with Crippen LogP contribution in [0.4, 0.5) is 5.69 Å². The Kier molecular flexibility index (Phi) is 3.69. The fourth-order valence-corrected chi connectivity index (χ4v) is 2.76. The van der Waals surface area contributed by atoms with Crippen LogP contribution in [-0.2, 0) is 19.6 Å². The third kappa shape index (κ3) is 2.54. The zero-order valence-electron chi connectivity index (χ0n) is 12.2. The Balaban J connectivity index is 1.89. The van der Waals surface area contributed by atoms with E-state index in [1.54, 1.807) is 0 Å². The lowest BCUT2D eigenvalue weighted by molar-refractivity contribution is 0.341. The van der Waals surface area contributed by atoms with Crippen LogP contribution in [0.1, 0.15) is 18.2 Å². The van der Waals surface area contributed by atoms with Gasteiger partial charge in [-0.25, -0.2) is 4.68 Å². The van der Waals surface area contributed by atoms with Crippen LogP contribution in [-0.4, -0.2) is 40.0 Å². The Morgan fingerprint density at radius 2 is 2.05 bits per heavy atom. The summed E-state index contributed by atoms with van der Waals surface area (Å²) < 4.78 is 1.97. The van der Waals surface area contributed by atoms with Gasteiger partial charge in [0.25, 0.3) is 0 Å². The highest BCUT2D eigenvalue weighted by Gasteiger charge is 2.18. The predicted molar refractivity (Wildman–Crippen MR) is 79.5 cm³/mol. The number of aryl methyl sites for hydroxylation is 1. The maximum Gasteiger partial charge on any atom is 0.0780 e. The quantitative estimate of drug-likeness (QED) is 0.852. The first-order chi connectivity index (χ1) is 9.78. The predicted octanol–water partition coefficient (Wildman–Crippen LogP) is 1.75. The van der Waals surface area contributed by atoms with E-state index in [1.807, 2.05) is 10.9 Å². The molecule has 0 fully saturated rings. The van der Waals surface area contributed by atoms with Gasteiger partial charge in [-0.1, -0.05) is 23.4 Å². The van der Waals surface area contributed by atoms with Gasteiger partial charge in [0.2, 0.25) is 0 Å². The lowest BCUT2D eigenvalue weighted by Crippen LogP contribution is -2.30. The topological polar surface area (TPSA) is 37.2 Å². The molecule has 1 aliphatic heterocycles. The number of benzene rings is 1. The molecule has 5 nitrogen and oxygen atoms in total. The highest BCUT2D eigenvalue weighted by atomic mass is 15.4. The van der Waals surface area contributed by atoms with Gasteiger partial charge in [0.1, 0.15) is 0 Å². The molecule has 106 valence electrons. The number of para-hydroxylation sites is 1. The Bertz CT molecular complexity index is 577. The minimum atomic E-state index is 0.866. The fraction of sp³-hybridized carbons (Fsp3) is 0.467. The van der Waals surface area contributed by atoms with Gasteiger partial charge in [-0.05, 0) is 25.6 Å². The van der Waals surface area contributed by atoms with Crippen LogP contribution in [0.5, 0.6) is 0 Å². The number of fused-ring (bicyclic) bond motifs is 1. The van der Waals surface area contributed by atoms with Crippen molar-refractivity contribution in [2.24, 2.45) is 0 Å². The number of hydrogen-bond donors (Lipinski definition) is 0. The van der Waals surface area contributed by atoms with Gasteiger partial charge in [0.15, 0.2) is 0 Å². The van der Waals surface area contributed by atoms with Crippen molar-refractivity contribution in [3.63, 3.8) is 0 Å². The van der Waals surface area contributed by atoms with Crippen LogP contribution in [0.25, 0.3) is 0 Å². The molecule has 3 rings (SSSR count). The highest BCUT2D eigenvalue weighted by Crippen LogP contribution is 2.25. The van der Waals surface area contributed by atoms with Gasteiger partial charge in [0.05, 0.1) is 18.4 Å². The van der Waals surface area contributed by atoms with Crippen molar-refractivity contribution in [2.45, 2.75) is 26.6 Å². The van der Waals surface area contributed by atoms with Crippen LogP contribution >= 0.6 is 0 Å². The second kappa shape index (κ2) is 5.63. The number of rotatable bonds is 3. The first-order valence-electron chi connectivity index (χ1n) is 7.16. The molecule has 0 saturated heterocycles. The maximum absolute atomic E-state index is 4.12. The Morgan fingerprint density at radius 3 is 2.90 bits per heavy atom. The largest absolute Gasteiger partial charge is 0.364 e. The summed E-state index contributed by atoms with van der Waals surface area (Å²) in [6.07, 6.45) is 1.88. The van der Waals surface area contributed by atoms with Gasteiger partial charge in [0, 0.05) is 31.9 Å². The Morgan fingerprint density at radius 1 is 1.20 bits per heavy atom. The molecule has 1 aromatic heterocycles. The molecular weight excluding hydrogens is 250 g/mol. The van der Waals surface area contributed by atoms with E-state index in [1.165, 1.54) is 16.9 Å². The highest BCUT2D eigenvalue weighted by molar-refractivity contribution is 5.54. The summed E-state index contributed by atoms with van der Waals surface area (Å²) in [6.45, 7) is 6.95. The van der Waals surface area contributed by atoms with Crippen molar-refractivity contribution in [1.29, 1.82) is 0 Å². The minimum Gasteiger partial charge on any atom is -0.364 e. The number of anilines is 1. The first-order valence-corrected chi connectivity index (χ1v) is 7.16. The summed E-state index contributed by atoms with van der Waals surface area (Å²) in [5.41, 5.74) is 3.90. The van der Waals surface area contributed by atoms with Crippen molar-refractivity contribution >= 4 is 5.69 Å². The standard InChI is InChI=1S/C15H21N5/c1-3-20-14(10-16-17-20)12-19-9-8-18(2)11-13-6-4-5-7-15(13)19/h4-7,10H,3,8-9,11-12H2,1-2H3. The van der Waals surface area contributed by atoms with Crippen LogP contribution in [0.15, 0.2) is 30.5 Å². The molecule has 5 heteroatoms. The van der Waals surface area contributed by atoms with Gasteiger partial charge in [-0.15, -0.1) is 5.10 Å². The second-order valence-corrected chi connectivity index (χ2v) is 5.33. The number of aromatic nitrogens is 3. The molecule has 0 spiro atoms. The van der Waals surface area contributed by atoms with Gasteiger partial charge in [-0.2, -0.15) is 0 Å². The van der Waals surface area contributed by atoms with E-state index < -0.39 is 0 Å². The lowest BCUT2D eigenvalue weighted by atomic mass is 10.1. The van der Waals surface area contributed by atoms with Crippen molar-refractivity contribution in [2.75, 3.05) is 25.0 Å². The normalized spacial score (nSPS) is 16.0. The first kappa shape index (κ1) is 13.1. The van der Waals surface area contributed by atoms with E-state index in [0.717, 1.165) is 32.7 Å². The Labute approximate surface area is 119 Å². The smallest absolute Gasteiger partial charge is 0.0780 e. The molecule has 1 aliphatic rings. The van der Waals surface area contributed by atoms with Gasteiger partial charge >= 0.3 is 0 Å². The molecule has 0 saturated carbocycles. The maximum atomic E-state index is 4.12. The van der Waals surface area contributed by atoms with Gasteiger partial charge in [-0.3, -0.25) is 0 Å². The molecule has 0 atom stereocenters. The van der Waals surface area contributed by atoms with E-state index in [2.05, 4.69) is 58.3 Å². The van der Waals surface area contributed by atoms with E-state index in [0.29, 0.717) is 0 Å². The minimum absolute atomic E-state index is 0.866. The van der Waals surface area contributed by atoms with E-state index in [4.69, 9.17) is 0 Å². The SMILES string of the molecule is CCn1nncc1CN1CCN(C)Cc2ccccc21. The van der Waals surface area contributed by atoms with Crippen molar-refractivity contribution in [3.05, 3.63) is 41.7 Å². The molecular formula is C15H21N5. The number of hydrogen-bond acceptors (Lipinski definition) is 4. The van der Waals surface area contributed by atoms with Crippen LogP contribution in [0.2, 0.25) is 0 Å². The van der Waals surface area contributed by atoms with E-state index in [-0.39, 0.29) is 0 Å². The number of likely N-dealkylation sites (N-methyl/N-ethyl adjacent to an activating group) is 1. The summed E-state index contributed by atoms with van der Waals surface area (Å²) in [6, 6.07) is 8.68. The molecule has 0 amide bonds. The molecule has 0 bridgehead atoms. The van der Waals surface area contributed by atoms with E-state index in [9.17, 15) is 0 Å². The van der Waals surface area contributed by atoms with Crippen LogP contribution in [0, 0.1) is 0 Å². The third-order valence-corrected chi connectivity index (χ3v) is 3.87. The molecule has 0 radical (unpaired) electrons. The summed E-state index contributed by atoms with van der Waals surface area (Å²) in [5.74, 6) is 0. The van der Waals surface area contributed by atoms with Crippen molar-refractivity contribution < 1.29 is 0 Å². The number of nitrogens with zero attached hydrogens (tertiary/aromatic N) is 5. The molecule has 0 aliphatic carbocycles. The third-order valence-electron chi connectivity index (χ3n) is 3.87. The second-order valence-electron chi connectivity index (χ2n) is 5.33. The fourth-order valence-electron chi connectivity index (χ4n) is 2.76. The van der Waals surface area contributed by atoms with Crippen LogP contribution in [0.3, 0.4) is 0 Å². The van der Waals surface area contributed by atoms with Gasteiger partial charge < -0.3 is 9.80 Å². The molecule has 2 aromatic rings. The Hall–Kier alpha value is -1.88. The molecule has 2 heterocycles. The van der Waals surface area contributed by atoms with Crippen molar-refractivity contribution in [3.8, 4) is 0 Å². The molecule has 20 heavy (non-hydrogen) atoms. The van der Waals surface area contributed by atoms with E-state index >= 15 is 0 Å². The summed E-state index contributed by atoms with van der Waals surface area (Å²) >= 11 is 0. The molecule has 1 aromatic carbocycles. The van der Waals surface area contributed by atoms with Crippen molar-refractivity contribution in [1.82, 2.24) is 19.9 Å². The summed E-state index contributed by atoms with van der Waals surface area (Å²) in [5, 5.41) is 8.15. The average Bonchev–Trinajstić information content (AvgIpc) is 2.84. The van der Waals surface area contributed by atoms with Crippen LogP contribution < -0.4 is 4.90 Å². The summed E-state index contributed by atoms with van der Waals surface area (Å²) in [4.78, 5) is 4.80. The summed E-state index contributed by atoms with van der Waals surface area (Å²) in [7, 11) is 2.18. The molecule has 0 N–H and O–H groups in total. The zero-order valence-corrected chi connectivity index (χ0v) is 12.2. The monoisotopic (exact) mass is 271 g/mol. The zero-order chi connectivity index (χ0) is 13.9. The molecule has 0 unspecified atom stereocenters.